The van der Waals surface area contributed by atoms with Crippen molar-refractivity contribution in [1.82, 2.24) is 5.32 Å². The van der Waals surface area contributed by atoms with Crippen LogP contribution in [-0.4, -0.2) is 19.3 Å². The average molecular weight is 216 g/mol. The number of rotatable bonds is 3. The molecular weight excluding hydrogens is 200 g/mol. The van der Waals surface area contributed by atoms with Crippen molar-refractivity contribution in [3.63, 3.8) is 0 Å². The van der Waals surface area contributed by atoms with Gasteiger partial charge in [-0.25, -0.2) is 0 Å². The van der Waals surface area contributed by atoms with Gasteiger partial charge in [-0.3, -0.25) is 0 Å². The summed E-state index contributed by atoms with van der Waals surface area (Å²) >= 11 is 0. The molecule has 0 aliphatic carbocycles. The molecule has 2 rings (SSSR count). The molecule has 1 heterocycles. The first-order chi connectivity index (χ1) is 7.90. The van der Waals surface area contributed by atoms with Gasteiger partial charge >= 0.3 is 0 Å². The van der Waals surface area contributed by atoms with E-state index in [2.05, 4.69) is 11.4 Å². The molecule has 1 saturated heterocycles. The van der Waals surface area contributed by atoms with E-state index in [1.807, 2.05) is 24.3 Å². The highest BCUT2D eigenvalue weighted by Crippen LogP contribution is 2.10. The summed E-state index contributed by atoms with van der Waals surface area (Å²) in [7, 11) is 0. The molecule has 0 bridgehead atoms. The predicted molar refractivity (Wildman–Crippen MR) is 61.8 cm³/mol. The molecule has 0 atom stereocenters. The molecule has 1 aliphatic heterocycles. The van der Waals surface area contributed by atoms with Crippen molar-refractivity contribution in [2.45, 2.75) is 25.4 Å². The van der Waals surface area contributed by atoms with E-state index < -0.39 is 0 Å². The monoisotopic (exact) mass is 216 g/mol. The molecule has 16 heavy (non-hydrogen) atoms. The fourth-order valence-corrected chi connectivity index (χ4v) is 1.94. The van der Waals surface area contributed by atoms with Gasteiger partial charge in [0.25, 0.3) is 0 Å². The zero-order valence-electron chi connectivity index (χ0n) is 9.28. The summed E-state index contributed by atoms with van der Waals surface area (Å²) in [6, 6.07) is 10.5. The van der Waals surface area contributed by atoms with E-state index in [0.29, 0.717) is 6.04 Å². The number of nitrogens with one attached hydrogen (secondary N) is 1. The van der Waals surface area contributed by atoms with Gasteiger partial charge in [-0.15, -0.1) is 0 Å². The molecule has 84 valence electrons. The second-order valence-corrected chi connectivity index (χ2v) is 4.04. The van der Waals surface area contributed by atoms with Gasteiger partial charge in [-0.1, -0.05) is 18.2 Å². The van der Waals surface area contributed by atoms with Crippen LogP contribution in [0.1, 0.15) is 24.0 Å². The van der Waals surface area contributed by atoms with Crippen molar-refractivity contribution < 1.29 is 4.74 Å². The Morgan fingerprint density at radius 1 is 1.31 bits per heavy atom. The van der Waals surface area contributed by atoms with Crippen LogP contribution in [-0.2, 0) is 11.3 Å². The molecule has 0 saturated carbocycles. The summed E-state index contributed by atoms with van der Waals surface area (Å²) in [5.41, 5.74) is 1.85. The summed E-state index contributed by atoms with van der Waals surface area (Å²) in [4.78, 5) is 0. The molecule has 1 N–H and O–H groups in total. The summed E-state index contributed by atoms with van der Waals surface area (Å²) in [5, 5.41) is 12.4. The van der Waals surface area contributed by atoms with Crippen LogP contribution in [0.4, 0.5) is 0 Å². The maximum Gasteiger partial charge on any atom is 0.0995 e. The SMILES string of the molecule is N#Cc1ccccc1CNC1CCOCC1. The van der Waals surface area contributed by atoms with Gasteiger partial charge in [-0.2, -0.15) is 5.26 Å². The Morgan fingerprint density at radius 3 is 2.81 bits per heavy atom. The molecule has 0 aromatic heterocycles. The lowest BCUT2D eigenvalue weighted by molar-refractivity contribution is 0.0776. The van der Waals surface area contributed by atoms with Crippen molar-refractivity contribution >= 4 is 0 Å². The maximum atomic E-state index is 8.96. The number of nitriles is 1. The van der Waals surface area contributed by atoms with Crippen molar-refractivity contribution in [2.75, 3.05) is 13.2 Å². The molecule has 1 aliphatic rings. The molecular formula is C13H16N2O. The lowest BCUT2D eigenvalue weighted by Gasteiger charge is -2.23. The zero-order chi connectivity index (χ0) is 11.2. The molecule has 3 heteroatoms. The Hall–Kier alpha value is -1.37. The van der Waals surface area contributed by atoms with Crippen molar-refractivity contribution in [1.29, 1.82) is 5.26 Å². The smallest absolute Gasteiger partial charge is 0.0995 e. The minimum atomic E-state index is 0.528. The van der Waals surface area contributed by atoms with E-state index in [4.69, 9.17) is 10.00 Å². The standard InChI is InChI=1S/C13H16N2O/c14-9-11-3-1-2-4-12(11)10-15-13-5-7-16-8-6-13/h1-4,13,15H,5-8,10H2. The Balaban J connectivity index is 1.91. The molecule has 0 radical (unpaired) electrons. The van der Waals surface area contributed by atoms with Crippen molar-refractivity contribution in [2.24, 2.45) is 0 Å². The number of ether oxygens (including phenoxy) is 1. The van der Waals surface area contributed by atoms with Crippen molar-refractivity contribution in [3.05, 3.63) is 35.4 Å². The van der Waals surface area contributed by atoms with Crippen LogP contribution < -0.4 is 5.32 Å². The number of hydrogen-bond donors (Lipinski definition) is 1. The highest BCUT2D eigenvalue weighted by molar-refractivity contribution is 5.37. The van der Waals surface area contributed by atoms with Crippen molar-refractivity contribution in [3.8, 4) is 6.07 Å². The Bertz CT molecular complexity index is 378. The van der Waals surface area contributed by atoms with Gasteiger partial charge in [0.2, 0.25) is 0 Å². The fraction of sp³-hybridized carbons (Fsp3) is 0.462. The quantitative estimate of drug-likeness (QED) is 0.838. The lowest BCUT2D eigenvalue weighted by atomic mass is 10.1. The highest BCUT2D eigenvalue weighted by Gasteiger charge is 2.13. The van der Waals surface area contributed by atoms with Crippen LogP contribution in [0.5, 0.6) is 0 Å². The van der Waals surface area contributed by atoms with Gasteiger partial charge in [0.05, 0.1) is 11.6 Å². The lowest BCUT2D eigenvalue weighted by Crippen LogP contribution is -2.34. The van der Waals surface area contributed by atoms with E-state index in [0.717, 1.165) is 43.7 Å². The predicted octanol–water partition coefficient (Wildman–Crippen LogP) is 1.83. The first kappa shape index (κ1) is 11.1. The van der Waals surface area contributed by atoms with Crippen LogP contribution in [0.3, 0.4) is 0 Å². The Morgan fingerprint density at radius 2 is 2.06 bits per heavy atom. The summed E-state index contributed by atoms with van der Waals surface area (Å²) in [6.45, 7) is 2.46. The zero-order valence-corrected chi connectivity index (χ0v) is 9.28. The maximum absolute atomic E-state index is 8.96. The van der Waals surface area contributed by atoms with E-state index >= 15 is 0 Å². The second kappa shape index (κ2) is 5.64. The highest BCUT2D eigenvalue weighted by atomic mass is 16.5. The summed E-state index contributed by atoms with van der Waals surface area (Å²) < 4.78 is 5.30. The van der Waals surface area contributed by atoms with Gasteiger partial charge in [0.1, 0.15) is 0 Å². The van der Waals surface area contributed by atoms with Crippen LogP contribution in [0, 0.1) is 11.3 Å². The third kappa shape index (κ3) is 2.82. The third-order valence-electron chi connectivity index (χ3n) is 2.94. The summed E-state index contributed by atoms with van der Waals surface area (Å²) in [6.07, 6.45) is 2.13. The number of hydrogen-bond acceptors (Lipinski definition) is 3. The number of benzene rings is 1. The van der Waals surface area contributed by atoms with Crippen LogP contribution in [0.25, 0.3) is 0 Å². The van der Waals surface area contributed by atoms with Gasteiger partial charge in [-0.05, 0) is 24.5 Å². The van der Waals surface area contributed by atoms with Crippen LogP contribution in [0.15, 0.2) is 24.3 Å². The third-order valence-corrected chi connectivity index (χ3v) is 2.94. The number of nitrogens with zero attached hydrogens (tertiary/aromatic N) is 1. The van der Waals surface area contributed by atoms with Gasteiger partial charge < -0.3 is 10.1 Å². The largest absolute Gasteiger partial charge is 0.381 e. The molecule has 1 aromatic rings. The van der Waals surface area contributed by atoms with Crippen LogP contribution >= 0.6 is 0 Å². The summed E-state index contributed by atoms with van der Waals surface area (Å²) in [5.74, 6) is 0. The van der Waals surface area contributed by atoms with E-state index in [1.165, 1.54) is 0 Å². The van der Waals surface area contributed by atoms with Crippen LogP contribution in [0.2, 0.25) is 0 Å². The molecule has 1 aromatic carbocycles. The Kier molecular flexibility index (Phi) is 3.92. The molecule has 0 amide bonds. The first-order valence-corrected chi connectivity index (χ1v) is 5.69. The topological polar surface area (TPSA) is 45.0 Å². The fourth-order valence-electron chi connectivity index (χ4n) is 1.94. The first-order valence-electron chi connectivity index (χ1n) is 5.69. The molecule has 0 unspecified atom stereocenters. The molecule has 0 spiro atoms. The van der Waals surface area contributed by atoms with E-state index in [9.17, 15) is 0 Å². The molecule has 1 fully saturated rings. The van der Waals surface area contributed by atoms with Gasteiger partial charge in [0, 0.05) is 25.8 Å². The normalized spacial score (nSPS) is 16.9. The molecule has 3 nitrogen and oxygen atoms in total. The van der Waals surface area contributed by atoms with Gasteiger partial charge in [0.15, 0.2) is 0 Å². The minimum Gasteiger partial charge on any atom is -0.381 e. The van der Waals surface area contributed by atoms with E-state index in [-0.39, 0.29) is 0 Å². The average Bonchev–Trinajstić information content (AvgIpc) is 2.38. The second-order valence-electron chi connectivity index (χ2n) is 4.04. The minimum absolute atomic E-state index is 0.528. The Labute approximate surface area is 96.0 Å². The van der Waals surface area contributed by atoms with E-state index in [1.54, 1.807) is 0 Å².